The third kappa shape index (κ3) is 3.99. The van der Waals surface area contributed by atoms with E-state index in [0.29, 0.717) is 5.02 Å². The first-order valence-corrected chi connectivity index (χ1v) is 10.7. The van der Waals surface area contributed by atoms with E-state index in [-0.39, 0.29) is 6.61 Å². The van der Waals surface area contributed by atoms with Crippen molar-refractivity contribution in [1.82, 2.24) is 24.5 Å². The molecule has 4 aromatic rings. The van der Waals surface area contributed by atoms with E-state index < -0.39 is 0 Å². The molecule has 3 aromatic heterocycles. The zero-order chi connectivity index (χ0) is 21.2. The number of β-amino-alcohol motifs (C(OH)–C–C–N with tert-alkyl or cyclic N) is 1. The molecular weight excluding hydrogens is 412 g/mol. The minimum Gasteiger partial charge on any atom is -0.395 e. The summed E-state index contributed by atoms with van der Waals surface area (Å²) in [5.74, 6) is 0.923. The van der Waals surface area contributed by atoms with Crippen molar-refractivity contribution >= 4 is 23.1 Å². The molecule has 5 rings (SSSR count). The van der Waals surface area contributed by atoms with E-state index in [1.54, 1.807) is 12.4 Å². The van der Waals surface area contributed by atoms with Gasteiger partial charge in [-0.25, -0.2) is 9.50 Å². The third-order valence-corrected chi connectivity index (χ3v) is 5.90. The first kappa shape index (κ1) is 19.9. The van der Waals surface area contributed by atoms with Gasteiger partial charge in [0.15, 0.2) is 5.65 Å². The van der Waals surface area contributed by atoms with Crippen LogP contribution in [-0.4, -0.2) is 68.9 Å². The predicted octanol–water partition coefficient (Wildman–Crippen LogP) is 3.23. The maximum Gasteiger partial charge on any atom is 0.155 e. The minimum atomic E-state index is 0.196. The number of rotatable bonds is 5. The number of hydrogen-bond acceptors (Lipinski definition) is 6. The molecule has 1 aliphatic heterocycles. The fourth-order valence-corrected chi connectivity index (χ4v) is 4.14. The fourth-order valence-electron chi connectivity index (χ4n) is 4.01. The fraction of sp³-hybridized carbons (Fsp3) is 0.261. The summed E-state index contributed by atoms with van der Waals surface area (Å²) >= 11 is 6.10. The molecule has 0 saturated carbocycles. The molecule has 1 aliphatic rings. The maximum absolute atomic E-state index is 9.18. The Labute approximate surface area is 185 Å². The van der Waals surface area contributed by atoms with Gasteiger partial charge in [0.2, 0.25) is 0 Å². The van der Waals surface area contributed by atoms with Crippen LogP contribution in [0.2, 0.25) is 5.02 Å². The van der Waals surface area contributed by atoms with Crippen LogP contribution in [0.25, 0.3) is 28.2 Å². The molecule has 8 heteroatoms. The number of piperazine rings is 1. The summed E-state index contributed by atoms with van der Waals surface area (Å²) in [6, 6.07) is 15.7. The van der Waals surface area contributed by atoms with E-state index in [9.17, 15) is 5.11 Å². The van der Waals surface area contributed by atoms with Gasteiger partial charge in [0.25, 0.3) is 0 Å². The van der Waals surface area contributed by atoms with Crippen LogP contribution in [0.1, 0.15) is 0 Å². The number of fused-ring (bicyclic) bond motifs is 1. The molecule has 0 bridgehead atoms. The average Bonchev–Trinajstić information content (AvgIpc) is 3.19. The first-order chi connectivity index (χ1) is 15.2. The van der Waals surface area contributed by atoms with E-state index in [1.807, 2.05) is 53.0 Å². The highest BCUT2D eigenvalue weighted by atomic mass is 35.5. The highest BCUT2D eigenvalue weighted by molar-refractivity contribution is 6.30. The number of imidazole rings is 1. The predicted molar refractivity (Wildman–Crippen MR) is 122 cm³/mol. The zero-order valence-corrected chi connectivity index (χ0v) is 17.8. The molecule has 31 heavy (non-hydrogen) atoms. The quantitative estimate of drug-likeness (QED) is 0.520. The van der Waals surface area contributed by atoms with Crippen molar-refractivity contribution in [2.24, 2.45) is 0 Å². The zero-order valence-electron chi connectivity index (χ0n) is 17.0. The lowest BCUT2D eigenvalue weighted by atomic mass is 10.1. The molecule has 0 spiro atoms. The Morgan fingerprint density at radius 3 is 2.32 bits per heavy atom. The Hall–Kier alpha value is -3.00. The summed E-state index contributed by atoms with van der Waals surface area (Å²) < 4.78 is 1.93. The van der Waals surface area contributed by atoms with Gasteiger partial charge in [0.1, 0.15) is 11.5 Å². The van der Waals surface area contributed by atoms with E-state index in [2.05, 4.69) is 14.8 Å². The molecule has 0 unspecified atom stereocenters. The monoisotopic (exact) mass is 434 g/mol. The van der Waals surface area contributed by atoms with Crippen LogP contribution >= 0.6 is 11.6 Å². The molecule has 1 fully saturated rings. The number of pyridine rings is 1. The van der Waals surface area contributed by atoms with E-state index in [0.717, 1.165) is 66.7 Å². The lowest BCUT2D eigenvalue weighted by Gasteiger charge is -2.34. The van der Waals surface area contributed by atoms with E-state index in [1.165, 1.54) is 0 Å². The van der Waals surface area contributed by atoms with Crippen LogP contribution < -0.4 is 4.90 Å². The Balaban J connectivity index is 1.58. The molecule has 0 aliphatic carbocycles. The summed E-state index contributed by atoms with van der Waals surface area (Å²) in [7, 11) is 0. The summed E-state index contributed by atoms with van der Waals surface area (Å²) in [5.41, 5.74) is 4.57. The second-order valence-corrected chi connectivity index (χ2v) is 8.00. The topological polar surface area (TPSA) is 69.8 Å². The van der Waals surface area contributed by atoms with Crippen molar-refractivity contribution < 1.29 is 5.11 Å². The third-order valence-electron chi connectivity index (χ3n) is 5.65. The average molecular weight is 435 g/mol. The first-order valence-electron chi connectivity index (χ1n) is 10.4. The number of nitrogens with zero attached hydrogens (tertiary/aromatic N) is 6. The number of anilines is 1. The lowest BCUT2D eigenvalue weighted by Crippen LogP contribution is -2.47. The van der Waals surface area contributed by atoms with E-state index >= 15 is 0 Å². The SMILES string of the molecule is OCCN1CCN(c2ccc3nc(-c4ccc(Cl)cc4)c(-c4ccncc4)n3n2)CC1. The second-order valence-electron chi connectivity index (χ2n) is 7.57. The largest absolute Gasteiger partial charge is 0.395 e. The van der Waals surface area contributed by atoms with Crippen LogP contribution in [0.5, 0.6) is 0 Å². The highest BCUT2D eigenvalue weighted by Gasteiger charge is 2.21. The number of benzene rings is 1. The van der Waals surface area contributed by atoms with Gasteiger partial charge >= 0.3 is 0 Å². The van der Waals surface area contributed by atoms with Crippen molar-refractivity contribution in [2.75, 3.05) is 44.2 Å². The summed E-state index contributed by atoms with van der Waals surface area (Å²) in [5, 5.41) is 14.8. The van der Waals surface area contributed by atoms with Crippen molar-refractivity contribution in [3.8, 4) is 22.5 Å². The standard InChI is InChI=1S/C23H23ClN6O/c24-19-3-1-17(2-4-19)22-23(18-7-9-25-10-8-18)30-20(26-22)5-6-21(27-30)29-13-11-28(12-14-29)15-16-31/h1-10,31H,11-16H2. The van der Waals surface area contributed by atoms with Crippen molar-refractivity contribution in [3.05, 3.63) is 65.9 Å². The van der Waals surface area contributed by atoms with Crippen LogP contribution in [0.4, 0.5) is 5.82 Å². The summed E-state index contributed by atoms with van der Waals surface area (Å²) in [4.78, 5) is 13.6. The smallest absolute Gasteiger partial charge is 0.155 e. The summed E-state index contributed by atoms with van der Waals surface area (Å²) in [6.07, 6.45) is 3.56. The number of hydrogen-bond donors (Lipinski definition) is 1. The molecule has 0 radical (unpaired) electrons. The Bertz CT molecular complexity index is 1170. The molecule has 158 valence electrons. The molecule has 1 saturated heterocycles. The van der Waals surface area contributed by atoms with Crippen molar-refractivity contribution in [1.29, 1.82) is 0 Å². The van der Waals surface area contributed by atoms with Crippen LogP contribution in [-0.2, 0) is 0 Å². The van der Waals surface area contributed by atoms with Crippen LogP contribution in [0.3, 0.4) is 0 Å². The Morgan fingerprint density at radius 2 is 1.61 bits per heavy atom. The second kappa shape index (κ2) is 8.63. The van der Waals surface area contributed by atoms with Crippen molar-refractivity contribution in [3.63, 3.8) is 0 Å². The van der Waals surface area contributed by atoms with Crippen molar-refractivity contribution in [2.45, 2.75) is 0 Å². The lowest BCUT2D eigenvalue weighted by molar-refractivity contribution is 0.188. The molecule has 1 aromatic carbocycles. The van der Waals surface area contributed by atoms with Gasteiger partial charge in [-0.1, -0.05) is 23.7 Å². The molecular formula is C23H23ClN6O. The van der Waals surface area contributed by atoms with Gasteiger partial charge in [0.05, 0.1) is 12.3 Å². The van der Waals surface area contributed by atoms with Crippen LogP contribution in [0, 0.1) is 0 Å². The highest BCUT2D eigenvalue weighted by Crippen LogP contribution is 2.33. The van der Waals surface area contributed by atoms with Gasteiger partial charge in [-0.3, -0.25) is 9.88 Å². The maximum atomic E-state index is 9.18. The van der Waals surface area contributed by atoms with Gasteiger partial charge in [-0.2, -0.15) is 0 Å². The number of aliphatic hydroxyl groups excluding tert-OH is 1. The van der Waals surface area contributed by atoms with Gasteiger partial charge in [-0.15, -0.1) is 5.10 Å². The Kier molecular flexibility index (Phi) is 5.55. The summed E-state index contributed by atoms with van der Waals surface area (Å²) in [6.45, 7) is 4.50. The van der Waals surface area contributed by atoms with Gasteiger partial charge < -0.3 is 10.0 Å². The molecule has 0 amide bonds. The minimum absolute atomic E-state index is 0.196. The Morgan fingerprint density at radius 1 is 0.871 bits per heavy atom. The molecule has 7 nitrogen and oxygen atoms in total. The molecule has 1 N–H and O–H groups in total. The van der Waals surface area contributed by atoms with Crippen LogP contribution in [0.15, 0.2) is 60.9 Å². The molecule has 4 heterocycles. The normalized spacial score (nSPS) is 15.0. The van der Waals surface area contributed by atoms with Gasteiger partial charge in [-0.05, 0) is 36.4 Å². The number of aliphatic hydroxyl groups is 1. The van der Waals surface area contributed by atoms with E-state index in [4.69, 9.17) is 21.7 Å². The number of aromatic nitrogens is 4. The number of halogens is 1. The van der Waals surface area contributed by atoms with Gasteiger partial charge in [0, 0.05) is 61.3 Å². The molecule has 0 atom stereocenters.